The third-order valence-electron chi connectivity index (χ3n) is 0. The Morgan fingerprint density at radius 1 is 0.217 bits per heavy atom. The van der Waals surface area contributed by atoms with Crippen molar-refractivity contribution in [2.24, 2.45) is 0 Å². The van der Waals surface area contributed by atoms with Crippen LogP contribution in [0, 0.1) is 0 Å². The lowest BCUT2D eigenvalue weighted by atomic mass is 10.8. The Kier molecular flexibility index (Phi) is 121000. The molecule has 0 aromatic rings. The van der Waals surface area contributed by atoms with Crippen LogP contribution in [0.15, 0.2) is 0 Å². The Balaban J connectivity index is -0.000000000105. The highest BCUT2D eigenvalue weighted by atomic mass is 14.7. The predicted molar refractivity (Wildman–Crippen MR) is 130 cm³/mol. The first-order valence-electron chi connectivity index (χ1n) is 1.00. The zero-order valence-corrected chi connectivity index (χ0v) is 14.0. The molecule has 0 aliphatic rings. The Bertz CT molecular complexity index is 15.6. The van der Waals surface area contributed by atoms with Gasteiger partial charge in [0.25, 0.3) is 0 Å². The lowest BCUT2D eigenvalue weighted by Gasteiger charge is -1.59. The molecule has 0 saturated carbocycles. The zero-order chi connectivity index (χ0) is 2.71. The molecule has 0 bridgehead atoms. The van der Waals surface area contributed by atoms with Crippen LogP contribution < -0.4 is 5.32 Å². The number of nitrogens with one attached hydrogen (secondary N) is 1. The molecule has 0 amide bonds. The topological polar surface area (TPSA) is 12.0 Å². The van der Waals surface area contributed by atoms with Gasteiger partial charge in [0.2, 0.25) is 0 Å². The van der Waals surface area contributed by atoms with Gasteiger partial charge in [-0.3, -0.25) is 0 Å². The van der Waals surface area contributed by atoms with E-state index in [2.05, 4.69) is 5.32 Å². The Morgan fingerprint density at radius 2 is 0.217 bits per heavy atom. The van der Waals surface area contributed by atoms with Gasteiger partial charge < -0.3 is 5.32 Å². The molecule has 0 atom stereocenters. The molecule has 0 aliphatic carbocycles. The predicted octanol–water partition coefficient (Wildman–Crippen LogP) is -7.78. The van der Waals surface area contributed by atoms with Crippen LogP contribution in [0.3, 0.4) is 0 Å². The first-order valence-corrected chi connectivity index (χ1v) is 1.00. The standard InChI is InChI=1S/C2H7N.20B/c1-3-2;;;;;;;;;;;;;;;;;;;;/h3H,1-2H3;;;;;;;;;;;;;;;;;;;;. The lowest BCUT2D eigenvalue weighted by molar-refractivity contribution is 1.02. The second-order valence-electron chi connectivity index (χ2n) is 0.500. The van der Waals surface area contributed by atoms with E-state index >= 15 is 0 Å². The monoisotopic (exact) mass is 265 g/mol. The number of hydrogen-bond acceptors (Lipinski definition) is 1. The highest BCUT2D eigenvalue weighted by Gasteiger charge is 1.25. The minimum Gasteiger partial charge on any atom is -0.323 e. The van der Waals surface area contributed by atoms with Gasteiger partial charge in [0.05, 0.1) is 0 Å². The maximum absolute atomic E-state index is 2.75. The van der Waals surface area contributed by atoms with Gasteiger partial charge in [-0.25, -0.2) is 0 Å². The van der Waals surface area contributed by atoms with Crippen molar-refractivity contribution < 1.29 is 0 Å². The lowest BCUT2D eigenvalue weighted by Crippen LogP contribution is -1.89. The molecule has 0 aromatic carbocycles. The van der Waals surface area contributed by atoms with Crippen LogP contribution in [0.25, 0.3) is 0 Å². The molecule has 0 heterocycles. The molecular formula is C2H7B20N. The molecule has 0 saturated heterocycles. The maximum atomic E-state index is 2.75. The van der Waals surface area contributed by atoms with Crippen LogP contribution in [0.4, 0.5) is 0 Å². The third kappa shape index (κ3) is 6630. The molecule has 0 unspecified atom stereocenters. The van der Waals surface area contributed by atoms with Crippen LogP contribution in [0.5, 0.6) is 0 Å². The van der Waals surface area contributed by atoms with E-state index in [1.54, 1.807) is 0 Å². The van der Waals surface area contributed by atoms with Crippen molar-refractivity contribution >= 4 is 168 Å². The fourth-order valence-electron chi connectivity index (χ4n) is 0. The van der Waals surface area contributed by atoms with Crippen LogP contribution >= 0.6 is 0 Å². The summed E-state index contributed by atoms with van der Waals surface area (Å²) in [6.07, 6.45) is 0. The fraction of sp³-hybridized carbons (Fsp3) is 1.00. The summed E-state index contributed by atoms with van der Waals surface area (Å²) in [5, 5.41) is 2.75. The Morgan fingerprint density at radius 3 is 0.217 bits per heavy atom. The zero-order valence-electron chi connectivity index (χ0n) is 14.0. The summed E-state index contributed by atoms with van der Waals surface area (Å²) in [5.41, 5.74) is 0. The second-order valence-corrected chi connectivity index (χ2v) is 0.500. The van der Waals surface area contributed by atoms with Crippen molar-refractivity contribution in [3.8, 4) is 0 Å². The molecular weight excluding hydrogens is 254 g/mol. The molecule has 23 heavy (non-hydrogen) atoms. The van der Waals surface area contributed by atoms with Gasteiger partial charge in [0.1, 0.15) is 0 Å². The molecule has 0 rings (SSSR count). The van der Waals surface area contributed by atoms with E-state index in [9.17, 15) is 0 Å². The second kappa shape index (κ2) is 2260. The molecule has 0 aliphatic heterocycles. The summed E-state index contributed by atoms with van der Waals surface area (Å²) < 4.78 is 0. The van der Waals surface area contributed by atoms with E-state index in [0.29, 0.717) is 0 Å². The summed E-state index contributed by atoms with van der Waals surface area (Å²) in [6, 6.07) is 0. The van der Waals surface area contributed by atoms with Gasteiger partial charge in [-0.2, -0.15) is 0 Å². The largest absolute Gasteiger partial charge is 0.323 e. The number of hydrogen-bond donors (Lipinski definition) is 1. The van der Waals surface area contributed by atoms with Crippen LogP contribution in [-0.2, 0) is 0 Å². The van der Waals surface area contributed by atoms with Gasteiger partial charge in [0.15, 0.2) is 0 Å². The van der Waals surface area contributed by atoms with Gasteiger partial charge in [0, 0.05) is 168 Å². The molecule has 0 spiro atoms. The van der Waals surface area contributed by atoms with E-state index in [4.69, 9.17) is 0 Å². The van der Waals surface area contributed by atoms with Gasteiger partial charge in [-0.05, 0) is 14.1 Å². The van der Waals surface area contributed by atoms with Gasteiger partial charge in [-0.15, -0.1) is 0 Å². The SMILES string of the molecule is CNC.[B].[B].[B].[B].[B].[B].[B].[B].[B].[B].[B].[B].[B].[B].[B].[B].[B].[B].[B].[B]. The molecule has 0 fully saturated rings. The van der Waals surface area contributed by atoms with Gasteiger partial charge in [-0.1, -0.05) is 0 Å². The maximum Gasteiger partial charge on any atom is 0 e. The van der Waals surface area contributed by atoms with E-state index < -0.39 is 0 Å². The van der Waals surface area contributed by atoms with Crippen LogP contribution in [-0.4, -0.2) is 182 Å². The summed E-state index contributed by atoms with van der Waals surface area (Å²) in [4.78, 5) is 0. The molecule has 0 aromatic heterocycles. The minimum atomic E-state index is 0. The van der Waals surface area contributed by atoms with Crippen LogP contribution in [0.1, 0.15) is 0 Å². The molecule has 21 heteroatoms. The van der Waals surface area contributed by atoms with E-state index in [0.717, 1.165) is 0 Å². The highest BCUT2D eigenvalue weighted by Crippen LogP contribution is 0.981. The van der Waals surface area contributed by atoms with Gasteiger partial charge >= 0.3 is 0 Å². The van der Waals surface area contributed by atoms with Crippen LogP contribution in [0.2, 0.25) is 0 Å². The first-order chi connectivity index (χ1) is 1.41. The minimum absolute atomic E-state index is 0. The first kappa shape index (κ1) is 1240. The molecule has 80 valence electrons. The average Bonchev–Trinajstić information content (AvgIpc) is 0.918. The summed E-state index contributed by atoms with van der Waals surface area (Å²) in [7, 11) is 3.75. The molecule has 60 radical (unpaired) electrons. The summed E-state index contributed by atoms with van der Waals surface area (Å²) >= 11 is 0. The summed E-state index contributed by atoms with van der Waals surface area (Å²) in [6.45, 7) is 0. The van der Waals surface area contributed by atoms with Crippen molar-refractivity contribution in [3.63, 3.8) is 0 Å². The molecule has 1 nitrogen and oxygen atoms in total. The summed E-state index contributed by atoms with van der Waals surface area (Å²) in [5.74, 6) is 0. The molecule has 1 N–H and O–H groups in total. The Labute approximate surface area is 187 Å². The fourth-order valence-corrected chi connectivity index (χ4v) is 0. The smallest absolute Gasteiger partial charge is 0 e. The quantitative estimate of drug-likeness (QED) is 0.427. The average molecular weight is 261 g/mol. The third-order valence-corrected chi connectivity index (χ3v) is 0. The normalized spacial score (nSPS) is 0.783. The van der Waals surface area contributed by atoms with Crippen molar-refractivity contribution in [2.75, 3.05) is 14.1 Å². The van der Waals surface area contributed by atoms with Crippen molar-refractivity contribution in [3.05, 3.63) is 0 Å². The van der Waals surface area contributed by atoms with E-state index in [1.165, 1.54) is 0 Å². The van der Waals surface area contributed by atoms with E-state index in [-0.39, 0.29) is 168 Å². The Hall–Kier alpha value is 1.26. The highest BCUT2D eigenvalue weighted by molar-refractivity contribution is 5.77. The van der Waals surface area contributed by atoms with E-state index in [1.807, 2.05) is 14.1 Å². The van der Waals surface area contributed by atoms with Crippen molar-refractivity contribution in [2.45, 2.75) is 0 Å². The van der Waals surface area contributed by atoms with Crippen molar-refractivity contribution in [1.82, 2.24) is 5.32 Å². The number of rotatable bonds is 0. The van der Waals surface area contributed by atoms with Crippen molar-refractivity contribution in [1.29, 1.82) is 0 Å².